The monoisotopic (exact) mass is 332 g/mol. The minimum atomic E-state index is -3.84. The molecule has 7 nitrogen and oxygen atoms in total. The molecule has 1 fully saturated rings. The lowest BCUT2D eigenvalue weighted by atomic mass is 9.99. The van der Waals surface area contributed by atoms with Gasteiger partial charge in [-0.2, -0.15) is 4.31 Å². The Hall–Kier alpha value is -1.45. The maximum Gasteiger partial charge on any atom is 0.349 e. The van der Waals surface area contributed by atoms with Gasteiger partial charge in [0.25, 0.3) is 0 Å². The van der Waals surface area contributed by atoms with Gasteiger partial charge in [0, 0.05) is 13.1 Å². The van der Waals surface area contributed by atoms with Crippen molar-refractivity contribution < 1.29 is 22.7 Å². The molecular weight excluding hydrogens is 316 g/mol. The van der Waals surface area contributed by atoms with Gasteiger partial charge < -0.3 is 10.5 Å². The fraction of sp³-hybridized carbons (Fsp3) is 0.500. The fourth-order valence-electron chi connectivity index (χ4n) is 2.27. The zero-order chi connectivity index (χ0) is 15.6. The van der Waals surface area contributed by atoms with Crippen molar-refractivity contribution in [2.45, 2.75) is 17.7 Å². The Morgan fingerprint density at radius 1 is 1.48 bits per heavy atom. The quantitative estimate of drug-likeness (QED) is 0.804. The van der Waals surface area contributed by atoms with E-state index in [0.717, 1.165) is 11.3 Å². The maximum atomic E-state index is 12.6. The van der Waals surface area contributed by atoms with Gasteiger partial charge >= 0.3 is 5.97 Å². The van der Waals surface area contributed by atoms with E-state index in [0.29, 0.717) is 19.4 Å². The fourth-order valence-corrected chi connectivity index (χ4v) is 5.11. The SMILES string of the molecule is COC(=O)c1sccc1S(=O)(=O)N1CCC[C@H](C(N)=O)C1. The molecule has 1 aromatic heterocycles. The van der Waals surface area contributed by atoms with Crippen molar-refractivity contribution in [2.75, 3.05) is 20.2 Å². The highest BCUT2D eigenvalue weighted by Gasteiger charge is 2.35. The smallest absolute Gasteiger partial charge is 0.349 e. The van der Waals surface area contributed by atoms with E-state index in [4.69, 9.17) is 5.73 Å². The van der Waals surface area contributed by atoms with Crippen LogP contribution in [0.1, 0.15) is 22.5 Å². The van der Waals surface area contributed by atoms with Gasteiger partial charge in [-0.3, -0.25) is 4.79 Å². The molecule has 0 radical (unpaired) electrons. The van der Waals surface area contributed by atoms with Gasteiger partial charge in [0.2, 0.25) is 15.9 Å². The molecule has 0 unspecified atom stereocenters. The highest BCUT2D eigenvalue weighted by molar-refractivity contribution is 7.89. The third kappa shape index (κ3) is 3.09. The first-order valence-corrected chi connectivity index (χ1v) is 8.65. The number of ether oxygens (including phenoxy) is 1. The number of hydrogen-bond donors (Lipinski definition) is 1. The second kappa shape index (κ2) is 6.12. The summed E-state index contributed by atoms with van der Waals surface area (Å²) in [5, 5.41) is 1.52. The summed E-state index contributed by atoms with van der Waals surface area (Å²) < 4.78 is 31.1. The van der Waals surface area contributed by atoms with Crippen LogP contribution in [0.25, 0.3) is 0 Å². The van der Waals surface area contributed by atoms with E-state index in [1.54, 1.807) is 0 Å². The number of methoxy groups -OCH3 is 1. The lowest BCUT2D eigenvalue weighted by Gasteiger charge is -2.30. The highest BCUT2D eigenvalue weighted by atomic mass is 32.2. The van der Waals surface area contributed by atoms with Gasteiger partial charge in [-0.1, -0.05) is 0 Å². The molecule has 116 valence electrons. The molecule has 0 spiro atoms. The van der Waals surface area contributed by atoms with Gasteiger partial charge in [0.1, 0.15) is 9.77 Å². The van der Waals surface area contributed by atoms with Gasteiger partial charge in [0.15, 0.2) is 0 Å². The Morgan fingerprint density at radius 3 is 2.81 bits per heavy atom. The van der Waals surface area contributed by atoms with Crippen molar-refractivity contribution in [3.63, 3.8) is 0 Å². The molecule has 0 saturated carbocycles. The molecule has 0 aliphatic carbocycles. The molecule has 21 heavy (non-hydrogen) atoms. The molecule has 2 N–H and O–H groups in total. The molecule has 9 heteroatoms. The van der Waals surface area contributed by atoms with Gasteiger partial charge in [0.05, 0.1) is 13.0 Å². The summed E-state index contributed by atoms with van der Waals surface area (Å²) in [6.45, 7) is 0.358. The van der Waals surface area contributed by atoms with E-state index < -0.39 is 27.8 Å². The Morgan fingerprint density at radius 2 is 2.19 bits per heavy atom. The van der Waals surface area contributed by atoms with Crippen LogP contribution in [0.15, 0.2) is 16.3 Å². The Bertz CT molecular complexity index is 652. The summed E-state index contributed by atoms with van der Waals surface area (Å²) in [4.78, 5) is 22.9. The number of thiophene rings is 1. The molecule has 2 rings (SSSR count). The van der Waals surface area contributed by atoms with Gasteiger partial charge in [-0.05, 0) is 24.3 Å². The number of sulfonamides is 1. The number of esters is 1. The van der Waals surface area contributed by atoms with E-state index >= 15 is 0 Å². The molecule has 1 saturated heterocycles. The number of hydrogen-bond acceptors (Lipinski definition) is 6. The first-order chi connectivity index (χ1) is 9.87. The minimum absolute atomic E-state index is 0.0405. The number of nitrogens with two attached hydrogens (primary N) is 1. The number of rotatable bonds is 4. The van der Waals surface area contributed by atoms with Crippen molar-refractivity contribution in [1.29, 1.82) is 0 Å². The Labute approximate surface area is 126 Å². The predicted octanol–water partition coefficient (Wildman–Crippen LogP) is 0.421. The highest BCUT2D eigenvalue weighted by Crippen LogP contribution is 2.29. The lowest BCUT2D eigenvalue weighted by molar-refractivity contribution is -0.122. The van der Waals surface area contributed by atoms with E-state index in [1.165, 1.54) is 22.9 Å². The van der Waals surface area contributed by atoms with Crippen LogP contribution in [-0.2, 0) is 19.6 Å². The number of piperidine rings is 1. The Kier molecular flexibility index (Phi) is 4.64. The third-order valence-corrected chi connectivity index (χ3v) is 6.34. The maximum absolute atomic E-state index is 12.6. The van der Waals surface area contributed by atoms with Crippen molar-refractivity contribution in [3.8, 4) is 0 Å². The summed E-state index contributed by atoms with van der Waals surface area (Å²) in [6.07, 6.45) is 1.14. The van der Waals surface area contributed by atoms with Crippen LogP contribution >= 0.6 is 11.3 Å². The molecule has 0 aromatic carbocycles. The summed E-state index contributed by atoms with van der Waals surface area (Å²) in [5.41, 5.74) is 5.26. The van der Waals surface area contributed by atoms with Crippen LogP contribution in [-0.4, -0.2) is 44.8 Å². The van der Waals surface area contributed by atoms with Gasteiger partial charge in [-0.25, -0.2) is 13.2 Å². The van der Waals surface area contributed by atoms with Gasteiger partial charge in [-0.15, -0.1) is 11.3 Å². The second-order valence-electron chi connectivity index (χ2n) is 4.71. The average molecular weight is 332 g/mol. The molecule has 0 bridgehead atoms. The first-order valence-electron chi connectivity index (χ1n) is 6.33. The van der Waals surface area contributed by atoms with Crippen molar-refractivity contribution in [3.05, 3.63) is 16.3 Å². The van der Waals surface area contributed by atoms with Crippen LogP contribution in [0.3, 0.4) is 0 Å². The molecule has 2 heterocycles. The van der Waals surface area contributed by atoms with E-state index in [-0.39, 0.29) is 16.3 Å². The number of amides is 1. The molecule has 1 aromatic rings. The third-order valence-electron chi connectivity index (χ3n) is 3.40. The molecule has 1 amide bonds. The lowest BCUT2D eigenvalue weighted by Crippen LogP contribution is -2.44. The molecule has 1 aliphatic heterocycles. The van der Waals surface area contributed by atoms with Crippen LogP contribution in [0.2, 0.25) is 0 Å². The minimum Gasteiger partial charge on any atom is -0.465 e. The number of carbonyl (C=O) groups excluding carboxylic acids is 2. The topological polar surface area (TPSA) is 107 Å². The summed E-state index contributed by atoms with van der Waals surface area (Å²) in [5.74, 6) is -1.69. The van der Waals surface area contributed by atoms with E-state index in [9.17, 15) is 18.0 Å². The molecular formula is C12H16N2O5S2. The van der Waals surface area contributed by atoms with Crippen LogP contribution in [0.5, 0.6) is 0 Å². The van der Waals surface area contributed by atoms with Crippen LogP contribution in [0.4, 0.5) is 0 Å². The summed E-state index contributed by atoms with van der Waals surface area (Å²) >= 11 is 1.01. The standard InChI is InChI=1S/C12H16N2O5S2/c1-19-12(16)10-9(4-6-20-10)21(17,18)14-5-2-3-8(7-14)11(13)15/h4,6,8H,2-3,5,7H2,1H3,(H2,13,15)/t8-/m0/s1. The second-order valence-corrected chi connectivity index (χ2v) is 7.53. The number of primary amides is 1. The van der Waals surface area contributed by atoms with Crippen molar-refractivity contribution in [2.24, 2.45) is 11.7 Å². The molecule has 1 aliphatic rings. The van der Waals surface area contributed by atoms with Crippen molar-refractivity contribution >= 4 is 33.2 Å². The molecule has 1 atom stereocenters. The average Bonchev–Trinajstić information content (AvgIpc) is 2.96. The zero-order valence-electron chi connectivity index (χ0n) is 11.4. The van der Waals surface area contributed by atoms with E-state index in [2.05, 4.69) is 4.74 Å². The van der Waals surface area contributed by atoms with Crippen LogP contribution < -0.4 is 5.73 Å². The number of nitrogens with zero attached hydrogens (tertiary/aromatic N) is 1. The number of carbonyl (C=O) groups is 2. The first kappa shape index (κ1) is 15.9. The largest absolute Gasteiger partial charge is 0.465 e. The zero-order valence-corrected chi connectivity index (χ0v) is 13.1. The summed E-state index contributed by atoms with van der Waals surface area (Å²) in [7, 11) is -2.64. The summed E-state index contributed by atoms with van der Waals surface area (Å²) in [6, 6.07) is 1.38. The van der Waals surface area contributed by atoms with E-state index in [1.807, 2.05) is 0 Å². The van der Waals surface area contributed by atoms with Crippen molar-refractivity contribution in [1.82, 2.24) is 4.31 Å². The van der Waals surface area contributed by atoms with Crippen LogP contribution in [0, 0.1) is 5.92 Å². The normalized spacial score (nSPS) is 20.1. The predicted molar refractivity (Wildman–Crippen MR) is 76.3 cm³/mol. The Balaban J connectivity index is 2.32.